The van der Waals surface area contributed by atoms with Gasteiger partial charge in [0.25, 0.3) is 0 Å². The molecule has 0 aliphatic heterocycles. The highest BCUT2D eigenvalue weighted by Crippen LogP contribution is 2.25. The molecule has 0 aromatic heterocycles. The molecule has 2 aromatic rings. The molecule has 2 N–H and O–H groups in total. The Hall–Kier alpha value is -2.15. The van der Waals surface area contributed by atoms with Crippen LogP contribution in [0.15, 0.2) is 48.5 Å². The molecule has 0 saturated carbocycles. The van der Waals surface area contributed by atoms with Crippen molar-refractivity contribution in [3.63, 3.8) is 0 Å². The number of nitrogens with one attached hydrogen (secondary N) is 2. The van der Waals surface area contributed by atoms with E-state index < -0.39 is 0 Å². The fraction of sp³-hybridized carbons (Fsp3) is 0.125. The molecular weight excluding hydrogens is 272 g/mol. The van der Waals surface area contributed by atoms with Crippen molar-refractivity contribution in [3.05, 3.63) is 59.1 Å². The predicted molar refractivity (Wildman–Crippen MR) is 82.7 cm³/mol. The summed E-state index contributed by atoms with van der Waals surface area (Å²) >= 11 is 6.12. The molecule has 0 fully saturated rings. The molecule has 2 rings (SSSR count). The third kappa shape index (κ3) is 4.20. The van der Waals surface area contributed by atoms with Crippen LogP contribution in [0.3, 0.4) is 0 Å². The summed E-state index contributed by atoms with van der Waals surface area (Å²) < 4.78 is 5.31. The number of rotatable bonds is 6. The minimum Gasteiger partial charge on any atom is -0.479 e. The van der Waals surface area contributed by atoms with Crippen LogP contribution >= 0.6 is 11.6 Å². The first-order valence-electron chi connectivity index (χ1n) is 6.18. The zero-order valence-corrected chi connectivity index (χ0v) is 11.7. The largest absolute Gasteiger partial charge is 0.479 e. The molecule has 0 heterocycles. The van der Waals surface area contributed by atoms with Gasteiger partial charge < -0.3 is 10.2 Å². The average molecular weight is 287 g/mol. The van der Waals surface area contributed by atoms with Crippen molar-refractivity contribution in [2.75, 3.05) is 12.0 Å². The molecule has 0 spiro atoms. The monoisotopic (exact) mass is 286 g/mol. The maximum absolute atomic E-state index is 6.12. The van der Waals surface area contributed by atoms with Gasteiger partial charge in [0.2, 0.25) is 0 Å². The van der Waals surface area contributed by atoms with Crippen LogP contribution in [0.5, 0.6) is 5.75 Å². The number of hydrazine groups is 1. The Morgan fingerprint density at radius 2 is 1.95 bits per heavy atom. The van der Waals surface area contributed by atoms with Gasteiger partial charge in [-0.3, -0.25) is 0 Å². The first-order valence-corrected chi connectivity index (χ1v) is 6.56. The van der Waals surface area contributed by atoms with Crippen molar-refractivity contribution in [1.82, 2.24) is 5.43 Å². The molecule has 4 heteroatoms. The SMILES string of the molecule is C#CCOc1ccc(CNNc2ccccc2)cc1Cl. The fourth-order valence-electron chi connectivity index (χ4n) is 1.66. The first-order chi connectivity index (χ1) is 9.79. The number of halogens is 1. The number of benzene rings is 2. The summed E-state index contributed by atoms with van der Waals surface area (Å²) in [6, 6.07) is 15.5. The molecule has 3 nitrogen and oxygen atoms in total. The van der Waals surface area contributed by atoms with Crippen molar-refractivity contribution >= 4 is 17.3 Å². The van der Waals surface area contributed by atoms with Gasteiger partial charge in [-0.1, -0.05) is 41.8 Å². The van der Waals surface area contributed by atoms with Crippen LogP contribution in [0.2, 0.25) is 5.02 Å². The van der Waals surface area contributed by atoms with Crippen molar-refractivity contribution in [2.24, 2.45) is 0 Å². The number of hydrogen-bond donors (Lipinski definition) is 2. The Morgan fingerprint density at radius 1 is 1.15 bits per heavy atom. The lowest BCUT2D eigenvalue weighted by molar-refractivity contribution is 0.370. The van der Waals surface area contributed by atoms with E-state index in [1.807, 2.05) is 48.5 Å². The number of terminal acetylenes is 1. The third-order valence-corrected chi connectivity index (χ3v) is 2.90. The number of anilines is 1. The van der Waals surface area contributed by atoms with Crippen molar-refractivity contribution in [3.8, 4) is 18.1 Å². The minimum absolute atomic E-state index is 0.215. The van der Waals surface area contributed by atoms with Gasteiger partial charge in [-0.15, -0.1) is 6.42 Å². The topological polar surface area (TPSA) is 33.3 Å². The summed E-state index contributed by atoms with van der Waals surface area (Å²) in [6.45, 7) is 0.858. The molecule has 0 radical (unpaired) electrons. The molecule has 0 amide bonds. The van der Waals surface area contributed by atoms with Crippen LogP contribution in [0.25, 0.3) is 0 Å². The van der Waals surface area contributed by atoms with E-state index >= 15 is 0 Å². The van der Waals surface area contributed by atoms with Crippen molar-refractivity contribution in [1.29, 1.82) is 0 Å². The molecule has 0 unspecified atom stereocenters. The summed E-state index contributed by atoms with van der Waals surface area (Å²) in [6.07, 6.45) is 5.14. The maximum atomic E-state index is 6.12. The second kappa shape index (κ2) is 7.44. The van der Waals surface area contributed by atoms with E-state index in [2.05, 4.69) is 16.8 Å². The zero-order chi connectivity index (χ0) is 14.2. The lowest BCUT2D eigenvalue weighted by Gasteiger charge is -2.10. The second-order valence-electron chi connectivity index (χ2n) is 4.10. The highest BCUT2D eigenvalue weighted by atomic mass is 35.5. The number of hydrogen-bond acceptors (Lipinski definition) is 3. The molecule has 0 bridgehead atoms. The predicted octanol–water partition coefficient (Wildman–Crippen LogP) is 3.47. The molecule has 2 aromatic carbocycles. The Labute approximate surface area is 123 Å². The van der Waals surface area contributed by atoms with E-state index in [1.165, 1.54) is 0 Å². The fourth-order valence-corrected chi connectivity index (χ4v) is 1.92. The number of para-hydroxylation sites is 1. The van der Waals surface area contributed by atoms with E-state index in [0.717, 1.165) is 11.3 Å². The van der Waals surface area contributed by atoms with Crippen LogP contribution in [-0.2, 0) is 6.54 Å². The van der Waals surface area contributed by atoms with Crippen LogP contribution < -0.4 is 15.6 Å². The Balaban J connectivity index is 1.87. The van der Waals surface area contributed by atoms with Crippen LogP contribution in [0, 0.1) is 12.3 Å². The summed E-state index contributed by atoms with van der Waals surface area (Å²) in [5.41, 5.74) is 8.29. The molecular formula is C16H15ClN2O. The average Bonchev–Trinajstić information content (AvgIpc) is 2.47. The second-order valence-corrected chi connectivity index (χ2v) is 4.51. The van der Waals surface area contributed by atoms with Gasteiger partial charge in [0, 0.05) is 12.2 Å². The maximum Gasteiger partial charge on any atom is 0.148 e. The van der Waals surface area contributed by atoms with Gasteiger partial charge in [0.15, 0.2) is 0 Å². The summed E-state index contributed by atoms with van der Waals surface area (Å²) in [4.78, 5) is 0. The van der Waals surface area contributed by atoms with Gasteiger partial charge >= 0.3 is 0 Å². The summed E-state index contributed by atoms with van der Waals surface area (Å²) in [5.74, 6) is 3.01. The standard InChI is InChI=1S/C16H15ClN2O/c1-2-10-20-16-9-8-13(11-15(16)17)12-18-19-14-6-4-3-5-7-14/h1,3-9,11,18-19H,10,12H2. The highest BCUT2D eigenvalue weighted by Gasteiger charge is 2.02. The van der Waals surface area contributed by atoms with E-state index in [1.54, 1.807) is 0 Å². The summed E-state index contributed by atoms with van der Waals surface area (Å²) in [5, 5.41) is 0.555. The molecule has 0 atom stereocenters. The Kier molecular flexibility index (Phi) is 5.31. The minimum atomic E-state index is 0.215. The normalized spacial score (nSPS) is 9.80. The lowest BCUT2D eigenvalue weighted by Crippen LogP contribution is -2.20. The molecule has 0 aliphatic carbocycles. The molecule has 0 aliphatic rings. The molecule has 20 heavy (non-hydrogen) atoms. The summed E-state index contributed by atoms with van der Waals surface area (Å²) in [7, 11) is 0. The molecule has 102 valence electrons. The van der Waals surface area contributed by atoms with E-state index in [0.29, 0.717) is 17.3 Å². The van der Waals surface area contributed by atoms with E-state index in [4.69, 9.17) is 22.8 Å². The van der Waals surface area contributed by atoms with Crippen LogP contribution in [-0.4, -0.2) is 6.61 Å². The van der Waals surface area contributed by atoms with Crippen molar-refractivity contribution < 1.29 is 4.74 Å². The Morgan fingerprint density at radius 3 is 2.65 bits per heavy atom. The number of ether oxygens (including phenoxy) is 1. The van der Waals surface area contributed by atoms with Gasteiger partial charge in [0.05, 0.1) is 5.02 Å². The van der Waals surface area contributed by atoms with Gasteiger partial charge in [-0.2, -0.15) is 0 Å². The third-order valence-electron chi connectivity index (χ3n) is 2.61. The quantitative estimate of drug-likeness (QED) is 0.630. The highest BCUT2D eigenvalue weighted by molar-refractivity contribution is 6.32. The van der Waals surface area contributed by atoms with Gasteiger partial charge in [0.1, 0.15) is 12.4 Å². The van der Waals surface area contributed by atoms with Crippen LogP contribution in [0.4, 0.5) is 5.69 Å². The van der Waals surface area contributed by atoms with Gasteiger partial charge in [-0.25, -0.2) is 5.43 Å². The van der Waals surface area contributed by atoms with E-state index in [9.17, 15) is 0 Å². The van der Waals surface area contributed by atoms with Crippen molar-refractivity contribution in [2.45, 2.75) is 6.54 Å². The lowest BCUT2D eigenvalue weighted by atomic mass is 10.2. The Bertz CT molecular complexity index is 593. The smallest absolute Gasteiger partial charge is 0.148 e. The molecule has 0 saturated heterocycles. The van der Waals surface area contributed by atoms with Gasteiger partial charge in [-0.05, 0) is 29.8 Å². The van der Waals surface area contributed by atoms with E-state index in [-0.39, 0.29) is 6.61 Å². The van der Waals surface area contributed by atoms with Crippen LogP contribution in [0.1, 0.15) is 5.56 Å². The first kappa shape index (κ1) is 14.3. The zero-order valence-electron chi connectivity index (χ0n) is 10.9.